The number of halogens is 1. The van der Waals surface area contributed by atoms with E-state index < -0.39 is 0 Å². The molecule has 0 saturated carbocycles. The fraction of sp³-hybridized carbons (Fsp3) is 0.200. The van der Waals surface area contributed by atoms with E-state index in [1.54, 1.807) is 23.5 Å². The summed E-state index contributed by atoms with van der Waals surface area (Å²) in [6.07, 6.45) is 1.85. The van der Waals surface area contributed by atoms with E-state index in [0.29, 0.717) is 12.2 Å². The highest BCUT2D eigenvalue weighted by atomic mass is 32.1. The summed E-state index contributed by atoms with van der Waals surface area (Å²) < 4.78 is 13.0. The van der Waals surface area contributed by atoms with Gasteiger partial charge in [-0.15, -0.1) is 11.3 Å². The number of carbonyl (C=O) groups is 1. The Balaban J connectivity index is 1.50. The second-order valence-electron chi connectivity index (χ2n) is 6.23. The Kier molecular flexibility index (Phi) is 4.67. The molecule has 0 bridgehead atoms. The number of likely N-dealkylation sites (tertiary alicyclic amines) is 1. The molecule has 132 valence electrons. The van der Waals surface area contributed by atoms with Crippen LogP contribution in [0, 0.1) is 5.82 Å². The maximum absolute atomic E-state index is 13.0. The molecule has 4 nitrogen and oxygen atoms in total. The molecule has 1 N–H and O–H groups in total. The summed E-state index contributed by atoms with van der Waals surface area (Å²) in [5.74, 6) is -0.321. The number of nitrogens with zero attached hydrogens (tertiary/aromatic N) is 2. The van der Waals surface area contributed by atoms with Gasteiger partial charge in [-0.1, -0.05) is 30.3 Å². The number of anilines is 1. The molecule has 2 heterocycles. The van der Waals surface area contributed by atoms with Gasteiger partial charge in [-0.2, -0.15) is 0 Å². The molecule has 4 rings (SSSR count). The first-order valence-corrected chi connectivity index (χ1v) is 9.43. The van der Waals surface area contributed by atoms with Crippen molar-refractivity contribution in [2.45, 2.75) is 18.9 Å². The van der Waals surface area contributed by atoms with E-state index in [0.717, 1.165) is 29.1 Å². The number of thiazole rings is 1. The molecule has 1 aliphatic rings. The minimum absolute atomic E-state index is 0.0158. The second kappa shape index (κ2) is 7.25. The summed E-state index contributed by atoms with van der Waals surface area (Å²) in [5.41, 5.74) is 2.61. The number of benzene rings is 2. The third kappa shape index (κ3) is 3.46. The van der Waals surface area contributed by atoms with Crippen molar-refractivity contribution < 1.29 is 9.18 Å². The standard InChI is InChI=1S/C20H18FN3OS/c21-15-8-10-16(11-9-15)22-20(25)24-12-4-7-18(24)19-23-17(13-26-19)14-5-2-1-3-6-14/h1-3,5-6,8-11,13,18H,4,7,12H2,(H,22,25)/t18-/m0/s1. The average Bonchev–Trinajstić information content (AvgIpc) is 3.33. The van der Waals surface area contributed by atoms with E-state index in [-0.39, 0.29) is 17.9 Å². The lowest BCUT2D eigenvalue weighted by atomic mass is 10.2. The van der Waals surface area contributed by atoms with Gasteiger partial charge in [0, 0.05) is 23.2 Å². The molecule has 26 heavy (non-hydrogen) atoms. The van der Waals surface area contributed by atoms with E-state index in [4.69, 9.17) is 4.98 Å². The quantitative estimate of drug-likeness (QED) is 0.681. The van der Waals surface area contributed by atoms with Gasteiger partial charge in [0.15, 0.2) is 0 Å². The predicted molar refractivity (Wildman–Crippen MR) is 102 cm³/mol. The van der Waals surface area contributed by atoms with Gasteiger partial charge in [0.2, 0.25) is 0 Å². The minimum atomic E-state index is -0.321. The van der Waals surface area contributed by atoms with Gasteiger partial charge in [0.05, 0.1) is 11.7 Å². The zero-order chi connectivity index (χ0) is 17.9. The molecule has 1 aromatic heterocycles. The third-order valence-corrected chi connectivity index (χ3v) is 5.43. The highest BCUT2D eigenvalue weighted by Crippen LogP contribution is 2.35. The van der Waals surface area contributed by atoms with Crippen LogP contribution in [0.25, 0.3) is 11.3 Å². The first-order chi connectivity index (χ1) is 12.7. The highest BCUT2D eigenvalue weighted by Gasteiger charge is 2.32. The van der Waals surface area contributed by atoms with Gasteiger partial charge >= 0.3 is 6.03 Å². The van der Waals surface area contributed by atoms with Crippen molar-refractivity contribution in [1.82, 2.24) is 9.88 Å². The van der Waals surface area contributed by atoms with E-state index in [9.17, 15) is 9.18 Å². The maximum Gasteiger partial charge on any atom is 0.322 e. The molecule has 1 atom stereocenters. The van der Waals surface area contributed by atoms with Crippen molar-refractivity contribution in [3.05, 3.63) is 70.8 Å². The van der Waals surface area contributed by atoms with Crippen LogP contribution in [0.3, 0.4) is 0 Å². The number of hydrogen-bond acceptors (Lipinski definition) is 3. The van der Waals surface area contributed by atoms with Crippen LogP contribution in [0.4, 0.5) is 14.9 Å². The van der Waals surface area contributed by atoms with E-state index in [2.05, 4.69) is 5.32 Å². The van der Waals surface area contributed by atoms with Crippen molar-refractivity contribution in [2.75, 3.05) is 11.9 Å². The lowest BCUT2D eigenvalue weighted by Crippen LogP contribution is -2.34. The molecule has 0 unspecified atom stereocenters. The SMILES string of the molecule is O=C(Nc1ccc(F)cc1)N1CCC[C@H]1c1nc(-c2ccccc2)cs1. The van der Waals surface area contributed by atoms with Crippen LogP contribution in [-0.4, -0.2) is 22.5 Å². The van der Waals surface area contributed by atoms with Gasteiger partial charge in [-0.05, 0) is 37.1 Å². The topological polar surface area (TPSA) is 45.2 Å². The Labute approximate surface area is 155 Å². The molecule has 1 fully saturated rings. The summed E-state index contributed by atoms with van der Waals surface area (Å²) >= 11 is 1.59. The van der Waals surface area contributed by atoms with Gasteiger partial charge in [-0.25, -0.2) is 14.2 Å². The number of rotatable bonds is 3. The third-order valence-electron chi connectivity index (χ3n) is 4.49. The fourth-order valence-electron chi connectivity index (χ4n) is 3.18. The molecule has 2 aromatic carbocycles. The van der Waals surface area contributed by atoms with E-state index in [1.165, 1.54) is 12.1 Å². The largest absolute Gasteiger partial charge is 0.322 e. The number of amides is 2. The van der Waals surface area contributed by atoms with Crippen LogP contribution in [0.5, 0.6) is 0 Å². The second-order valence-corrected chi connectivity index (χ2v) is 7.12. The minimum Gasteiger partial charge on any atom is -0.315 e. The Hall–Kier alpha value is -2.73. The van der Waals surface area contributed by atoms with E-state index >= 15 is 0 Å². The summed E-state index contributed by atoms with van der Waals surface area (Å²) in [6, 6.07) is 15.7. The number of urea groups is 1. The molecule has 1 saturated heterocycles. The molecular weight excluding hydrogens is 349 g/mol. The van der Waals surface area contributed by atoms with Gasteiger partial charge in [-0.3, -0.25) is 0 Å². The van der Waals surface area contributed by atoms with Crippen LogP contribution in [0.2, 0.25) is 0 Å². The molecule has 0 radical (unpaired) electrons. The van der Waals surface area contributed by atoms with Gasteiger partial charge in [0.25, 0.3) is 0 Å². The van der Waals surface area contributed by atoms with Crippen LogP contribution in [-0.2, 0) is 0 Å². The number of carbonyl (C=O) groups excluding carboxylic acids is 1. The first-order valence-electron chi connectivity index (χ1n) is 8.55. The monoisotopic (exact) mass is 367 g/mol. The van der Waals surface area contributed by atoms with Crippen molar-refractivity contribution in [3.63, 3.8) is 0 Å². The van der Waals surface area contributed by atoms with Crippen molar-refractivity contribution in [2.24, 2.45) is 0 Å². The smallest absolute Gasteiger partial charge is 0.315 e. The maximum atomic E-state index is 13.0. The molecule has 2 amide bonds. The Bertz CT molecular complexity index is 895. The molecule has 3 aromatic rings. The zero-order valence-electron chi connectivity index (χ0n) is 14.1. The fourth-order valence-corrected chi connectivity index (χ4v) is 4.15. The Morgan fingerprint density at radius 1 is 1.15 bits per heavy atom. The lowest BCUT2D eigenvalue weighted by Gasteiger charge is -2.23. The van der Waals surface area contributed by atoms with Crippen LogP contribution < -0.4 is 5.32 Å². The Morgan fingerprint density at radius 3 is 2.69 bits per heavy atom. The average molecular weight is 367 g/mol. The summed E-state index contributed by atoms with van der Waals surface area (Å²) in [7, 11) is 0. The first kappa shape index (κ1) is 16.7. The van der Waals surface area contributed by atoms with Crippen LogP contribution in [0.15, 0.2) is 60.0 Å². The molecule has 6 heteroatoms. The Morgan fingerprint density at radius 2 is 1.92 bits per heavy atom. The zero-order valence-corrected chi connectivity index (χ0v) is 14.9. The highest BCUT2D eigenvalue weighted by molar-refractivity contribution is 7.10. The molecular formula is C20H18FN3OS. The van der Waals surface area contributed by atoms with E-state index in [1.807, 2.05) is 40.6 Å². The number of nitrogens with one attached hydrogen (secondary N) is 1. The van der Waals surface area contributed by atoms with Crippen LogP contribution >= 0.6 is 11.3 Å². The molecule has 1 aliphatic heterocycles. The normalized spacial score (nSPS) is 16.7. The van der Waals surface area contributed by atoms with Gasteiger partial charge in [0.1, 0.15) is 10.8 Å². The van der Waals surface area contributed by atoms with Crippen molar-refractivity contribution in [1.29, 1.82) is 0 Å². The van der Waals surface area contributed by atoms with Crippen molar-refractivity contribution in [3.8, 4) is 11.3 Å². The predicted octanol–water partition coefficient (Wildman–Crippen LogP) is 5.32. The summed E-state index contributed by atoms with van der Waals surface area (Å²) in [6.45, 7) is 0.692. The van der Waals surface area contributed by atoms with Crippen molar-refractivity contribution >= 4 is 23.1 Å². The molecule has 0 aliphatic carbocycles. The summed E-state index contributed by atoms with van der Waals surface area (Å²) in [5, 5.41) is 5.84. The number of hydrogen-bond donors (Lipinski definition) is 1. The number of aromatic nitrogens is 1. The van der Waals surface area contributed by atoms with Crippen LogP contribution in [0.1, 0.15) is 23.9 Å². The molecule has 0 spiro atoms. The lowest BCUT2D eigenvalue weighted by molar-refractivity contribution is 0.207. The van der Waals surface area contributed by atoms with Gasteiger partial charge < -0.3 is 10.2 Å². The summed E-state index contributed by atoms with van der Waals surface area (Å²) in [4.78, 5) is 19.2.